The quantitative estimate of drug-likeness (QED) is 0.712. The molecular formula is C9H5ClN4. The van der Waals surface area contributed by atoms with Crippen molar-refractivity contribution in [2.75, 3.05) is 0 Å². The zero-order chi connectivity index (χ0) is 9.97. The van der Waals surface area contributed by atoms with Crippen LogP contribution >= 0.6 is 11.6 Å². The second kappa shape index (κ2) is 3.48. The molecule has 0 N–H and O–H groups in total. The normalized spacial score (nSPS) is 9.71. The summed E-state index contributed by atoms with van der Waals surface area (Å²) in [6, 6.07) is 5.50. The van der Waals surface area contributed by atoms with Crippen molar-refractivity contribution in [2.24, 2.45) is 0 Å². The molecule has 0 atom stereocenters. The van der Waals surface area contributed by atoms with E-state index in [0.29, 0.717) is 16.5 Å². The Kier molecular flexibility index (Phi) is 2.17. The Labute approximate surface area is 85.4 Å². The second-order valence-electron chi connectivity index (χ2n) is 2.57. The highest BCUT2D eigenvalue weighted by molar-refractivity contribution is 6.32. The summed E-state index contributed by atoms with van der Waals surface area (Å²) in [4.78, 5) is 7.77. The maximum atomic E-state index is 8.80. The lowest BCUT2D eigenvalue weighted by molar-refractivity contribution is 0.967. The molecule has 0 saturated heterocycles. The van der Waals surface area contributed by atoms with Crippen molar-refractivity contribution in [3.8, 4) is 11.9 Å². The van der Waals surface area contributed by atoms with Gasteiger partial charge >= 0.3 is 0 Å². The molecule has 68 valence electrons. The van der Waals surface area contributed by atoms with Crippen LogP contribution in [-0.2, 0) is 0 Å². The molecule has 2 heterocycles. The molecule has 0 amide bonds. The van der Waals surface area contributed by atoms with Crippen LogP contribution in [0.4, 0.5) is 0 Å². The van der Waals surface area contributed by atoms with Crippen LogP contribution in [0.5, 0.6) is 0 Å². The monoisotopic (exact) mass is 204 g/mol. The van der Waals surface area contributed by atoms with Crippen LogP contribution in [0.3, 0.4) is 0 Å². The maximum absolute atomic E-state index is 8.80. The second-order valence-corrected chi connectivity index (χ2v) is 2.98. The van der Waals surface area contributed by atoms with Crippen molar-refractivity contribution in [3.05, 3.63) is 41.6 Å². The van der Waals surface area contributed by atoms with Gasteiger partial charge in [0.25, 0.3) is 0 Å². The highest BCUT2D eigenvalue weighted by Crippen LogP contribution is 2.17. The molecule has 0 aliphatic rings. The highest BCUT2D eigenvalue weighted by atomic mass is 35.5. The van der Waals surface area contributed by atoms with E-state index in [4.69, 9.17) is 16.9 Å². The summed E-state index contributed by atoms with van der Waals surface area (Å²) in [6.45, 7) is 0. The first kappa shape index (κ1) is 8.73. The minimum absolute atomic E-state index is 0.417. The molecule has 0 radical (unpaired) electrons. The van der Waals surface area contributed by atoms with E-state index in [1.54, 1.807) is 22.9 Å². The average Bonchev–Trinajstić information content (AvgIpc) is 2.66. The zero-order valence-corrected chi connectivity index (χ0v) is 7.81. The van der Waals surface area contributed by atoms with Gasteiger partial charge in [0, 0.05) is 6.20 Å². The van der Waals surface area contributed by atoms with Crippen molar-refractivity contribution in [3.63, 3.8) is 0 Å². The van der Waals surface area contributed by atoms with E-state index in [2.05, 4.69) is 9.97 Å². The molecule has 0 unspecified atom stereocenters. The number of hydrogen-bond donors (Lipinski definition) is 0. The molecule has 0 aliphatic heterocycles. The van der Waals surface area contributed by atoms with Crippen LogP contribution in [-0.4, -0.2) is 14.5 Å². The van der Waals surface area contributed by atoms with E-state index in [1.165, 1.54) is 12.5 Å². The van der Waals surface area contributed by atoms with E-state index in [9.17, 15) is 0 Å². The van der Waals surface area contributed by atoms with E-state index < -0.39 is 0 Å². The minimum atomic E-state index is 0.417. The predicted molar refractivity (Wildman–Crippen MR) is 51.1 cm³/mol. The van der Waals surface area contributed by atoms with E-state index in [-0.39, 0.29) is 0 Å². The van der Waals surface area contributed by atoms with Crippen molar-refractivity contribution in [1.82, 2.24) is 14.5 Å². The summed E-state index contributed by atoms with van der Waals surface area (Å²) in [5, 5.41) is 9.22. The first-order chi connectivity index (χ1) is 6.83. The summed E-state index contributed by atoms with van der Waals surface area (Å²) in [6.07, 6.45) is 4.61. The molecule has 14 heavy (non-hydrogen) atoms. The Balaban J connectivity index is 2.62. The molecule has 0 saturated carbocycles. The Morgan fingerprint density at radius 3 is 3.07 bits per heavy atom. The first-order valence-electron chi connectivity index (χ1n) is 3.86. The van der Waals surface area contributed by atoms with Gasteiger partial charge in [0.05, 0.1) is 6.20 Å². The van der Waals surface area contributed by atoms with E-state index in [0.717, 1.165) is 0 Å². The largest absolute Gasteiger partial charge is 0.291 e. The molecule has 4 nitrogen and oxygen atoms in total. The highest BCUT2D eigenvalue weighted by Gasteiger charge is 2.06. The van der Waals surface area contributed by atoms with Gasteiger partial charge in [-0.05, 0) is 12.1 Å². The standard InChI is InChI=1S/C9H5ClN4/c10-8-5-12-6-13-9(8)14-3-1-2-7(14)4-11/h1-3,5-6H. The Bertz CT molecular complexity index is 498. The van der Waals surface area contributed by atoms with Gasteiger partial charge in [0.15, 0.2) is 5.82 Å². The number of nitriles is 1. The van der Waals surface area contributed by atoms with Gasteiger partial charge in [-0.3, -0.25) is 4.57 Å². The maximum Gasteiger partial charge on any atom is 0.159 e. The first-order valence-corrected chi connectivity index (χ1v) is 4.24. The fourth-order valence-corrected chi connectivity index (χ4v) is 1.34. The number of hydrogen-bond acceptors (Lipinski definition) is 3. The van der Waals surface area contributed by atoms with Crippen LogP contribution in [0.1, 0.15) is 5.69 Å². The van der Waals surface area contributed by atoms with Crippen molar-refractivity contribution < 1.29 is 0 Å². The number of halogens is 1. The summed E-state index contributed by atoms with van der Waals surface area (Å²) in [5.41, 5.74) is 0.491. The molecule has 0 fully saturated rings. The van der Waals surface area contributed by atoms with Gasteiger partial charge in [-0.1, -0.05) is 11.6 Å². The van der Waals surface area contributed by atoms with Crippen LogP contribution in [0.15, 0.2) is 30.9 Å². The van der Waals surface area contributed by atoms with Crippen LogP contribution in [0.25, 0.3) is 5.82 Å². The molecule has 0 spiro atoms. The lowest BCUT2D eigenvalue weighted by Crippen LogP contribution is -1.99. The number of rotatable bonds is 1. The topological polar surface area (TPSA) is 54.5 Å². The third-order valence-corrected chi connectivity index (χ3v) is 2.01. The Morgan fingerprint density at radius 1 is 1.50 bits per heavy atom. The van der Waals surface area contributed by atoms with Crippen molar-refractivity contribution in [1.29, 1.82) is 5.26 Å². The Hall–Kier alpha value is -1.86. The van der Waals surface area contributed by atoms with Crippen LogP contribution < -0.4 is 0 Å². The van der Waals surface area contributed by atoms with Gasteiger partial charge in [-0.15, -0.1) is 0 Å². The summed E-state index contributed by atoms with van der Waals surface area (Å²) in [7, 11) is 0. The lowest BCUT2D eigenvalue weighted by atomic mass is 10.4. The SMILES string of the molecule is N#Cc1cccn1-c1ncncc1Cl. The molecule has 0 aromatic carbocycles. The molecule has 2 rings (SSSR count). The molecular weight excluding hydrogens is 200 g/mol. The van der Waals surface area contributed by atoms with Crippen LogP contribution in [0.2, 0.25) is 5.02 Å². The van der Waals surface area contributed by atoms with Crippen molar-refractivity contribution >= 4 is 11.6 Å². The van der Waals surface area contributed by atoms with Gasteiger partial charge in [0.2, 0.25) is 0 Å². The third-order valence-electron chi connectivity index (χ3n) is 1.74. The summed E-state index contributed by atoms with van der Waals surface area (Å²) in [5.74, 6) is 0.517. The lowest BCUT2D eigenvalue weighted by Gasteiger charge is -2.03. The smallest absolute Gasteiger partial charge is 0.159 e. The number of nitrogens with zero attached hydrogens (tertiary/aromatic N) is 4. The van der Waals surface area contributed by atoms with E-state index in [1.807, 2.05) is 6.07 Å². The van der Waals surface area contributed by atoms with Gasteiger partial charge in [0.1, 0.15) is 23.1 Å². The van der Waals surface area contributed by atoms with Crippen molar-refractivity contribution in [2.45, 2.75) is 0 Å². The molecule has 0 bridgehead atoms. The molecule has 5 heteroatoms. The minimum Gasteiger partial charge on any atom is -0.291 e. The van der Waals surface area contributed by atoms with Gasteiger partial charge in [-0.25, -0.2) is 9.97 Å². The average molecular weight is 205 g/mol. The van der Waals surface area contributed by atoms with Crippen LogP contribution in [0, 0.1) is 11.3 Å². The molecule has 0 aliphatic carbocycles. The summed E-state index contributed by atoms with van der Waals surface area (Å²) < 4.78 is 1.62. The molecule has 2 aromatic heterocycles. The fourth-order valence-electron chi connectivity index (χ4n) is 1.14. The van der Waals surface area contributed by atoms with Gasteiger partial charge < -0.3 is 0 Å². The van der Waals surface area contributed by atoms with Gasteiger partial charge in [-0.2, -0.15) is 5.26 Å². The fraction of sp³-hybridized carbons (Fsp3) is 0. The third kappa shape index (κ3) is 1.34. The zero-order valence-electron chi connectivity index (χ0n) is 7.05. The number of aromatic nitrogens is 3. The van der Waals surface area contributed by atoms with E-state index >= 15 is 0 Å². The summed E-state index contributed by atoms with van der Waals surface area (Å²) >= 11 is 5.89. The Morgan fingerprint density at radius 2 is 2.36 bits per heavy atom. The molecule has 2 aromatic rings. The predicted octanol–water partition coefficient (Wildman–Crippen LogP) is 1.79.